The Labute approximate surface area is 159 Å². The van der Waals surface area contributed by atoms with Gasteiger partial charge in [-0.3, -0.25) is 14.2 Å². The summed E-state index contributed by atoms with van der Waals surface area (Å²) in [6, 6.07) is 11.0. The predicted octanol–water partition coefficient (Wildman–Crippen LogP) is 1.73. The third-order valence-electron chi connectivity index (χ3n) is 5.79. The van der Waals surface area contributed by atoms with E-state index in [1.165, 1.54) is 10.6 Å². The summed E-state index contributed by atoms with van der Waals surface area (Å²) in [5.41, 5.74) is 2.18. The number of benzene rings is 1. The van der Waals surface area contributed by atoms with Gasteiger partial charge in [0.05, 0.1) is 5.56 Å². The van der Waals surface area contributed by atoms with Crippen LogP contribution in [0.1, 0.15) is 23.2 Å². The lowest BCUT2D eigenvalue weighted by atomic mass is 9.84. The second-order valence-corrected chi connectivity index (χ2v) is 7.75. The first-order valence-electron chi connectivity index (χ1n) is 9.55. The summed E-state index contributed by atoms with van der Waals surface area (Å²) in [6.45, 7) is 3.22. The van der Waals surface area contributed by atoms with Gasteiger partial charge in [0.25, 0.3) is 11.5 Å². The van der Waals surface area contributed by atoms with Crippen LogP contribution < -0.4 is 15.8 Å². The first kappa shape index (κ1) is 17.8. The number of nitrogens with one attached hydrogen (secondary N) is 1. The third kappa shape index (κ3) is 3.62. The molecule has 6 heteroatoms. The maximum absolute atomic E-state index is 12.8. The average Bonchev–Trinajstić information content (AvgIpc) is 2.69. The van der Waals surface area contributed by atoms with Gasteiger partial charge in [0.15, 0.2) is 0 Å². The van der Waals surface area contributed by atoms with Crippen molar-refractivity contribution in [1.82, 2.24) is 14.8 Å². The number of nitrogens with zero attached hydrogens (tertiary/aromatic N) is 3. The summed E-state index contributed by atoms with van der Waals surface area (Å²) in [6.07, 6.45) is 3.95. The summed E-state index contributed by atoms with van der Waals surface area (Å²) < 4.78 is 1.53. The number of aromatic nitrogens is 1. The van der Waals surface area contributed by atoms with Gasteiger partial charge in [0.2, 0.25) is 0 Å². The van der Waals surface area contributed by atoms with Crippen LogP contribution in [-0.4, -0.2) is 55.1 Å². The lowest BCUT2D eigenvalue weighted by Gasteiger charge is -2.44. The van der Waals surface area contributed by atoms with Crippen molar-refractivity contribution < 1.29 is 4.79 Å². The average molecular weight is 366 g/mol. The van der Waals surface area contributed by atoms with Gasteiger partial charge in [0, 0.05) is 50.3 Å². The lowest BCUT2D eigenvalue weighted by molar-refractivity contribution is 0.0620. The molecule has 2 bridgehead atoms. The molecule has 2 aromatic rings. The van der Waals surface area contributed by atoms with Gasteiger partial charge in [-0.2, -0.15) is 0 Å². The van der Waals surface area contributed by atoms with Crippen LogP contribution in [0.25, 0.3) is 5.69 Å². The van der Waals surface area contributed by atoms with E-state index in [0.717, 1.165) is 43.9 Å². The molecule has 4 heterocycles. The van der Waals surface area contributed by atoms with Crippen LogP contribution in [0.5, 0.6) is 0 Å². The van der Waals surface area contributed by atoms with E-state index in [-0.39, 0.29) is 17.5 Å². The van der Waals surface area contributed by atoms with E-state index in [1.54, 1.807) is 12.3 Å². The van der Waals surface area contributed by atoms with Crippen molar-refractivity contribution in [2.75, 3.05) is 38.6 Å². The molecule has 1 aromatic heterocycles. The highest BCUT2D eigenvalue weighted by atomic mass is 16.2. The largest absolute Gasteiger partial charge is 0.378 e. The maximum atomic E-state index is 12.8. The summed E-state index contributed by atoms with van der Waals surface area (Å²) >= 11 is 0. The van der Waals surface area contributed by atoms with Crippen LogP contribution >= 0.6 is 0 Å². The number of fused-ring (bicyclic) bond motifs is 3. The Morgan fingerprint density at radius 1 is 1.07 bits per heavy atom. The van der Waals surface area contributed by atoms with E-state index < -0.39 is 0 Å². The Morgan fingerprint density at radius 3 is 2.37 bits per heavy atom. The number of hydrogen-bond donors (Lipinski definition) is 1. The van der Waals surface area contributed by atoms with Gasteiger partial charge in [-0.05, 0) is 62.2 Å². The van der Waals surface area contributed by atoms with E-state index in [2.05, 4.69) is 10.2 Å². The van der Waals surface area contributed by atoms with Crippen molar-refractivity contribution in [3.8, 4) is 5.69 Å². The van der Waals surface area contributed by atoms with E-state index in [4.69, 9.17) is 0 Å². The molecule has 1 aromatic carbocycles. The Kier molecular flexibility index (Phi) is 4.74. The molecule has 6 nitrogen and oxygen atoms in total. The zero-order chi connectivity index (χ0) is 19.0. The predicted molar refractivity (Wildman–Crippen MR) is 107 cm³/mol. The van der Waals surface area contributed by atoms with Gasteiger partial charge >= 0.3 is 0 Å². The molecule has 1 amide bonds. The number of piperidine rings is 3. The monoisotopic (exact) mass is 366 g/mol. The molecule has 0 radical (unpaired) electrons. The SMILES string of the molecule is CN(C)c1ccc(-n2cc(C(=O)NC3CN4CCC3CC4)ccc2=O)cc1. The molecular formula is C21H26N4O2. The molecule has 3 saturated heterocycles. The van der Waals surface area contributed by atoms with Gasteiger partial charge < -0.3 is 15.1 Å². The van der Waals surface area contributed by atoms with E-state index in [9.17, 15) is 9.59 Å². The Morgan fingerprint density at radius 2 is 1.78 bits per heavy atom. The smallest absolute Gasteiger partial charge is 0.255 e. The van der Waals surface area contributed by atoms with Crippen molar-refractivity contribution in [1.29, 1.82) is 0 Å². The highest BCUT2D eigenvalue weighted by Crippen LogP contribution is 2.27. The first-order valence-corrected chi connectivity index (χ1v) is 9.55. The molecule has 1 atom stereocenters. The van der Waals surface area contributed by atoms with Crippen LogP contribution in [-0.2, 0) is 0 Å². The zero-order valence-electron chi connectivity index (χ0n) is 15.9. The fourth-order valence-electron chi connectivity index (χ4n) is 4.11. The fraction of sp³-hybridized carbons (Fsp3) is 0.429. The summed E-state index contributed by atoms with van der Waals surface area (Å²) in [7, 11) is 3.95. The second kappa shape index (κ2) is 7.19. The minimum absolute atomic E-state index is 0.104. The fourth-order valence-corrected chi connectivity index (χ4v) is 4.11. The number of rotatable bonds is 4. The van der Waals surface area contributed by atoms with Crippen molar-refractivity contribution in [3.05, 3.63) is 58.5 Å². The van der Waals surface area contributed by atoms with Crippen LogP contribution in [0, 0.1) is 5.92 Å². The van der Waals surface area contributed by atoms with Crippen molar-refractivity contribution in [2.24, 2.45) is 5.92 Å². The minimum Gasteiger partial charge on any atom is -0.378 e. The minimum atomic E-state index is -0.146. The number of carbonyl (C=O) groups excluding carboxylic acids is 1. The molecule has 27 heavy (non-hydrogen) atoms. The molecule has 0 saturated carbocycles. The summed E-state index contributed by atoms with van der Waals surface area (Å²) in [5, 5.41) is 3.19. The number of pyridine rings is 1. The standard InChI is InChI=1S/C21H26N4O2/c1-23(2)17-4-6-18(7-5-17)25-13-16(3-8-20(25)26)21(27)22-19-14-24-11-9-15(19)10-12-24/h3-8,13,15,19H,9-12,14H2,1-2H3,(H,22,27). The number of anilines is 1. The first-order chi connectivity index (χ1) is 13.0. The van der Waals surface area contributed by atoms with Gasteiger partial charge in [-0.25, -0.2) is 0 Å². The number of carbonyl (C=O) groups is 1. The lowest BCUT2D eigenvalue weighted by Crippen LogP contribution is -2.57. The number of hydrogen-bond acceptors (Lipinski definition) is 4. The van der Waals surface area contributed by atoms with E-state index >= 15 is 0 Å². The zero-order valence-corrected chi connectivity index (χ0v) is 15.9. The molecule has 3 aliphatic heterocycles. The second-order valence-electron chi connectivity index (χ2n) is 7.75. The molecule has 1 unspecified atom stereocenters. The molecule has 0 spiro atoms. The van der Waals surface area contributed by atoms with E-state index in [1.807, 2.05) is 43.3 Å². The molecule has 1 N–H and O–H groups in total. The quantitative estimate of drug-likeness (QED) is 0.895. The normalized spacial score (nSPS) is 23.9. The highest BCUT2D eigenvalue weighted by molar-refractivity contribution is 5.94. The third-order valence-corrected chi connectivity index (χ3v) is 5.79. The molecule has 5 rings (SSSR count). The molecule has 3 fully saturated rings. The van der Waals surface area contributed by atoms with Crippen molar-refractivity contribution in [3.63, 3.8) is 0 Å². The van der Waals surface area contributed by atoms with Crippen LogP contribution in [0.2, 0.25) is 0 Å². The topological polar surface area (TPSA) is 57.6 Å². The van der Waals surface area contributed by atoms with Crippen LogP contribution in [0.15, 0.2) is 47.4 Å². The van der Waals surface area contributed by atoms with Crippen molar-refractivity contribution >= 4 is 11.6 Å². The summed E-state index contributed by atoms with van der Waals surface area (Å²) in [4.78, 5) is 29.5. The summed E-state index contributed by atoms with van der Waals surface area (Å²) in [5.74, 6) is 0.468. The Bertz CT molecular complexity index is 880. The molecule has 142 valence electrons. The van der Waals surface area contributed by atoms with Crippen LogP contribution in [0.3, 0.4) is 0 Å². The maximum Gasteiger partial charge on any atom is 0.255 e. The Balaban J connectivity index is 1.55. The number of amides is 1. The van der Waals surface area contributed by atoms with Gasteiger partial charge in [0.1, 0.15) is 0 Å². The molecule has 0 aliphatic carbocycles. The van der Waals surface area contributed by atoms with E-state index in [0.29, 0.717) is 11.5 Å². The van der Waals surface area contributed by atoms with Gasteiger partial charge in [-0.1, -0.05) is 0 Å². The Hall–Kier alpha value is -2.60. The molecular weight excluding hydrogens is 340 g/mol. The van der Waals surface area contributed by atoms with Crippen LogP contribution in [0.4, 0.5) is 5.69 Å². The molecule has 3 aliphatic rings. The highest BCUT2D eigenvalue weighted by Gasteiger charge is 2.34. The van der Waals surface area contributed by atoms with Gasteiger partial charge in [-0.15, -0.1) is 0 Å². The van der Waals surface area contributed by atoms with Crippen molar-refractivity contribution in [2.45, 2.75) is 18.9 Å².